The van der Waals surface area contributed by atoms with Gasteiger partial charge in [-0.15, -0.1) is 11.6 Å². The lowest BCUT2D eigenvalue weighted by atomic mass is 9.99. The molecule has 1 aliphatic rings. The van der Waals surface area contributed by atoms with Crippen molar-refractivity contribution in [2.24, 2.45) is 5.92 Å². The largest absolute Gasteiger partial charge is 0.381 e. The Kier molecular flexibility index (Phi) is 5.40. The first-order chi connectivity index (χ1) is 7.15. The van der Waals surface area contributed by atoms with Gasteiger partial charge in [0, 0.05) is 19.7 Å². The third kappa shape index (κ3) is 3.99. The van der Waals surface area contributed by atoms with Crippen LogP contribution in [0.25, 0.3) is 0 Å². The second kappa shape index (κ2) is 6.33. The van der Waals surface area contributed by atoms with Gasteiger partial charge in [-0.25, -0.2) is 0 Å². The van der Waals surface area contributed by atoms with Crippen molar-refractivity contribution in [3.05, 3.63) is 0 Å². The number of likely N-dealkylation sites (tertiary alicyclic amines) is 1. The standard InChI is InChI=1S/C11H20ClNO2/c1-3-15-8-10-5-4-6-13(7-10)11(14)9(2)12/h9-10H,3-8H2,1-2H3. The Hall–Kier alpha value is -0.280. The average Bonchev–Trinajstić information content (AvgIpc) is 2.25. The van der Waals surface area contributed by atoms with E-state index in [1.165, 1.54) is 0 Å². The number of hydrogen-bond acceptors (Lipinski definition) is 2. The molecule has 4 heteroatoms. The molecule has 0 aliphatic carbocycles. The van der Waals surface area contributed by atoms with Crippen LogP contribution in [0.15, 0.2) is 0 Å². The summed E-state index contributed by atoms with van der Waals surface area (Å²) in [5, 5.41) is -0.407. The molecule has 0 bridgehead atoms. The number of carbonyl (C=O) groups excluding carboxylic acids is 1. The van der Waals surface area contributed by atoms with Crippen molar-refractivity contribution in [1.82, 2.24) is 4.90 Å². The first-order valence-corrected chi connectivity index (χ1v) is 6.09. The fraction of sp³-hybridized carbons (Fsp3) is 0.909. The van der Waals surface area contributed by atoms with Crippen LogP contribution in [0.2, 0.25) is 0 Å². The van der Waals surface area contributed by atoms with E-state index in [1.54, 1.807) is 6.92 Å². The van der Waals surface area contributed by atoms with Gasteiger partial charge in [-0.05, 0) is 32.6 Å². The Morgan fingerprint density at radius 2 is 2.40 bits per heavy atom. The maximum Gasteiger partial charge on any atom is 0.240 e. The molecule has 0 aromatic heterocycles. The monoisotopic (exact) mass is 233 g/mol. The molecule has 3 nitrogen and oxygen atoms in total. The SMILES string of the molecule is CCOCC1CCCN(C(=O)C(C)Cl)C1. The van der Waals surface area contributed by atoms with E-state index in [9.17, 15) is 4.79 Å². The predicted octanol–water partition coefficient (Wildman–Crippen LogP) is 1.89. The molecule has 0 aromatic carbocycles. The fourth-order valence-corrected chi connectivity index (χ4v) is 2.08. The van der Waals surface area contributed by atoms with Crippen LogP contribution in [0.1, 0.15) is 26.7 Å². The van der Waals surface area contributed by atoms with Crippen molar-refractivity contribution < 1.29 is 9.53 Å². The molecule has 0 N–H and O–H groups in total. The van der Waals surface area contributed by atoms with E-state index in [1.807, 2.05) is 11.8 Å². The van der Waals surface area contributed by atoms with E-state index >= 15 is 0 Å². The summed E-state index contributed by atoms with van der Waals surface area (Å²) in [5.74, 6) is 0.538. The molecule has 0 saturated carbocycles. The van der Waals surface area contributed by atoms with Crippen molar-refractivity contribution in [3.63, 3.8) is 0 Å². The van der Waals surface area contributed by atoms with Gasteiger partial charge in [-0.2, -0.15) is 0 Å². The predicted molar refractivity (Wildman–Crippen MR) is 61.1 cm³/mol. The molecule has 2 atom stereocenters. The molecule has 15 heavy (non-hydrogen) atoms. The molecule has 1 aliphatic heterocycles. The molecular formula is C11H20ClNO2. The Balaban J connectivity index is 2.38. The van der Waals surface area contributed by atoms with E-state index in [2.05, 4.69) is 0 Å². The molecule has 0 radical (unpaired) electrons. The second-order valence-corrected chi connectivity index (χ2v) is 4.72. The zero-order valence-electron chi connectivity index (χ0n) is 9.54. The molecule has 2 unspecified atom stereocenters. The third-order valence-electron chi connectivity index (χ3n) is 2.73. The molecule has 1 fully saturated rings. The molecule has 1 rings (SSSR count). The van der Waals surface area contributed by atoms with Crippen LogP contribution in [0.4, 0.5) is 0 Å². The zero-order valence-corrected chi connectivity index (χ0v) is 10.3. The minimum atomic E-state index is -0.407. The smallest absolute Gasteiger partial charge is 0.240 e. The summed E-state index contributed by atoms with van der Waals surface area (Å²) >= 11 is 5.79. The summed E-state index contributed by atoms with van der Waals surface area (Å²) in [6.45, 7) is 6.88. The van der Waals surface area contributed by atoms with Crippen molar-refractivity contribution >= 4 is 17.5 Å². The Bertz CT molecular complexity index is 209. The van der Waals surface area contributed by atoms with Crippen molar-refractivity contribution in [2.75, 3.05) is 26.3 Å². The van der Waals surface area contributed by atoms with Crippen LogP contribution in [-0.2, 0) is 9.53 Å². The summed E-state index contributed by atoms with van der Waals surface area (Å²) < 4.78 is 5.39. The third-order valence-corrected chi connectivity index (χ3v) is 2.92. The highest BCUT2D eigenvalue weighted by molar-refractivity contribution is 6.30. The Morgan fingerprint density at radius 1 is 1.67 bits per heavy atom. The van der Waals surface area contributed by atoms with Crippen LogP contribution < -0.4 is 0 Å². The summed E-state index contributed by atoms with van der Waals surface area (Å²) in [6, 6.07) is 0. The van der Waals surface area contributed by atoms with E-state index in [0.717, 1.165) is 39.1 Å². The molecular weight excluding hydrogens is 214 g/mol. The summed E-state index contributed by atoms with van der Waals surface area (Å²) in [5.41, 5.74) is 0. The quantitative estimate of drug-likeness (QED) is 0.694. The maximum atomic E-state index is 11.7. The highest BCUT2D eigenvalue weighted by Crippen LogP contribution is 2.18. The van der Waals surface area contributed by atoms with E-state index in [4.69, 9.17) is 16.3 Å². The molecule has 0 spiro atoms. The molecule has 88 valence electrons. The molecule has 1 amide bonds. The van der Waals surface area contributed by atoms with Crippen LogP contribution in [0, 0.1) is 5.92 Å². The van der Waals surface area contributed by atoms with Crippen molar-refractivity contribution in [1.29, 1.82) is 0 Å². The number of rotatable bonds is 4. The summed E-state index contributed by atoms with van der Waals surface area (Å²) in [7, 11) is 0. The van der Waals surface area contributed by atoms with Gasteiger partial charge in [0.05, 0.1) is 6.61 Å². The number of nitrogens with zero attached hydrogens (tertiary/aromatic N) is 1. The van der Waals surface area contributed by atoms with Gasteiger partial charge in [0.2, 0.25) is 5.91 Å². The number of ether oxygens (including phenoxy) is 1. The lowest BCUT2D eigenvalue weighted by Gasteiger charge is -2.33. The minimum absolute atomic E-state index is 0.0536. The number of amides is 1. The van der Waals surface area contributed by atoms with Gasteiger partial charge in [-0.1, -0.05) is 0 Å². The number of halogens is 1. The zero-order chi connectivity index (χ0) is 11.3. The average molecular weight is 234 g/mol. The number of alkyl halides is 1. The summed E-state index contributed by atoms with van der Waals surface area (Å²) in [4.78, 5) is 13.5. The number of carbonyl (C=O) groups is 1. The Labute approximate surface area is 96.7 Å². The van der Waals surface area contributed by atoms with Gasteiger partial charge in [0.1, 0.15) is 5.38 Å². The van der Waals surface area contributed by atoms with Crippen molar-refractivity contribution in [3.8, 4) is 0 Å². The van der Waals surface area contributed by atoms with Gasteiger partial charge in [0.15, 0.2) is 0 Å². The van der Waals surface area contributed by atoms with Gasteiger partial charge in [0.25, 0.3) is 0 Å². The minimum Gasteiger partial charge on any atom is -0.381 e. The molecule has 1 heterocycles. The van der Waals surface area contributed by atoms with Crippen LogP contribution in [0.3, 0.4) is 0 Å². The van der Waals surface area contributed by atoms with Gasteiger partial charge < -0.3 is 9.64 Å². The molecule has 1 saturated heterocycles. The van der Waals surface area contributed by atoms with Gasteiger partial charge in [-0.3, -0.25) is 4.79 Å². The van der Waals surface area contributed by atoms with Crippen LogP contribution in [0.5, 0.6) is 0 Å². The Morgan fingerprint density at radius 3 is 3.00 bits per heavy atom. The second-order valence-electron chi connectivity index (χ2n) is 4.07. The highest BCUT2D eigenvalue weighted by Gasteiger charge is 2.25. The number of hydrogen-bond donors (Lipinski definition) is 0. The highest BCUT2D eigenvalue weighted by atomic mass is 35.5. The van der Waals surface area contributed by atoms with Crippen LogP contribution >= 0.6 is 11.6 Å². The summed E-state index contributed by atoms with van der Waals surface area (Å²) in [6.07, 6.45) is 2.22. The van der Waals surface area contributed by atoms with E-state index < -0.39 is 5.38 Å². The first kappa shape index (κ1) is 12.8. The topological polar surface area (TPSA) is 29.5 Å². The van der Waals surface area contributed by atoms with E-state index in [-0.39, 0.29) is 5.91 Å². The maximum absolute atomic E-state index is 11.7. The fourth-order valence-electron chi connectivity index (χ4n) is 1.94. The number of piperidine rings is 1. The van der Waals surface area contributed by atoms with Gasteiger partial charge >= 0.3 is 0 Å². The normalized spacial score (nSPS) is 23.9. The van der Waals surface area contributed by atoms with Crippen molar-refractivity contribution in [2.45, 2.75) is 32.1 Å². The van der Waals surface area contributed by atoms with E-state index in [0.29, 0.717) is 5.92 Å². The lowest BCUT2D eigenvalue weighted by molar-refractivity contribution is -0.132. The van der Waals surface area contributed by atoms with Crippen LogP contribution in [-0.4, -0.2) is 42.5 Å². The lowest BCUT2D eigenvalue weighted by Crippen LogP contribution is -2.43. The first-order valence-electron chi connectivity index (χ1n) is 5.65. The molecule has 0 aromatic rings.